The molecular weight excluding hydrogens is 1260 g/mol. The molecule has 0 atom stereocenters. The zero-order chi connectivity index (χ0) is 62.7. The van der Waals surface area contributed by atoms with Crippen molar-refractivity contribution in [2.24, 2.45) is 28.2 Å². The van der Waals surface area contributed by atoms with Crippen molar-refractivity contribution >= 4 is 76.0 Å². The fourth-order valence-electron chi connectivity index (χ4n) is 8.25. The van der Waals surface area contributed by atoms with E-state index in [0.29, 0.717) is 79.2 Å². The van der Waals surface area contributed by atoms with Crippen LogP contribution < -0.4 is 33.1 Å². The van der Waals surface area contributed by atoms with Crippen molar-refractivity contribution in [3.8, 4) is 24.2 Å². The van der Waals surface area contributed by atoms with Crippen molar-refractivity contribution in [2.75, 3.05) is 144 Å². The first-order valence-corrected chi connectivity index (χ1v) is 31.7. The number of aromatic nitrogens is 8. The van der Waals surface area contributed by atoms with E-state index in [1.807, 2.05) is 12.1 Å². The lowest BCUT2D eigenvalue weighted by atomic mass is 10.1. The molecule has 85 heavy (non-hydrogen) atoms. The maximum atomic E-state index is 13.0. The monoisotopic (exact) mass is 1340 g/mol. The number of fused-ring (bicyclic) bond motifs is 2. The van der Waals surface area contributed by atoms with Crippen LogP contribution in [0, 0.1) is 27.8 Å². The Balaban J connectivity index is 0.000000302. The molecule has 2 N–H and O–H groups in total. The van der Waals surface area contributed by atoms with Gasteiger partial charge in [-0.3, -0.25) is 27.9 Å². The van der Waals surface area contributed by atoms with Crippen LogP contribution in [0.2, 0.25) is 0 Å². The fourth-order valence-corrected chi connectivity index (χ4v) is 10.7. The summed E-state index contributed by atoms with van der Waals surface area (Å²) in [5.74, 6) is 8.38. The number of halogens is 1. The Hall–Kier alpha value is -6.23. The summed E-state index contributed by atoms with van der Waals surface area (Å²) in [6.45, 7) is 8.45. The van der Waals surface area contributed by atoms with Crippen LogP contribution in [-0.4, -0.2) is 188 Å². The average molecular weight is 1340 g/mol. The highest BCUT2D eigenvalue weighted by molar-refractivity contribution is 14.1. The minimum absolute atomic E-state index is 0.00763. The molecule has 0 bridgehead atoms. The van der Waals surface area contributed by atoms with E-state index in [1.54, 1.807) is 28.4 Å². The summed E-state index contributed by atoms with van der Waals surface area (Å²) in [4.78, 5) is 57.9. The van der Waals surface area contributed by atoms with Gasteiger partial charge in [-0.05, 0) is 95.8 Å². The smallest absolute Gasteiger partial charge is 0.333 e. The van der Waals surface area contributed by atoms with Crippen LogP contribution in [0.1, 0.15) is 29.5 Å². The van der Waals surface area contributed by atoms with Gasteiger partial charge in [-0.1, -0.05) is 17.8 Å². The number of benzene rings is 2. The summed E-state index contributed by atoms with van der Waals surface area (Å²) in [7, 11) is 4.71. The SMILES string of the molecule is C#CCn1c(=O)n(C)c(=O)c2c1nc(S(C)(=O)=O)n2C.COCCOCCCc1cc(C#CCn2c(=O)n(C)c(=O)c3c2nc(S(C)(=O)=O)n3C)cc(NCCOCCOC)c1.COCCOCCCc1cc(I)cc(NCCOCCOC)c1. The van der Waals surface area contributed by atoms with E-state index in [2.05, 4.69) is 85.2 Å². The Morgan fingerprint density at radius 3 is 1.34 bits per heavy atom. The first-order chi connectivity index (χ1) is 40.5. The van der Waals surface area contributed by atoms with Crippen molar-refractivity contribution in [3.05, 3.63) is 98.3 Å². The Morgan fingerprint density at radius 2 is 0.929 bits per heavy atom. The summed E-state index contributed by atoms with van der Waals surface area (Å²) in [6.07, 6.45) is 10.8. The van der Waals surface area contributed by atoms with E-state index >= 15 is 0 Å². The topological polar surface area (TPSA) is 290 Å². The molecule has 4 heterocycles. The predicted octanol–water partition coefficient (Wildman–Crippen LogP) is 1.99. The van der Waals surface area contributed by atoms with Gasteiger partial charge >= 0.3 is 11.4 Å². The standard InChI is InChI=1S/C28H39N5O8S.C17H28INO4.C11H12N4O4S/c1-31-24-25(30-27(31)42(5,36)37)33(28(35)32(2)26(24)34)11-6-8-21-18-22(9-7-12-40-16-14-38-3)20-23(19-21)29-10-13-41-17-15-39-4;1-20-8-10-22-6-3-4-15-12-16(18)14-17(13-15)19-5-7-23-11-9-21-2;1-5-6-15-8-7(9(16)14(3)11(15)17)13(2)10(12-8)20(4,18)19/h18-20,29H,7,9-17H2,1-5H3;12-14,19H,3-11H2,1-2H3;1H,6H2,2-4H3. The number of anilines is 2. The number of sulfone groups is 2. The highest BCUT2D eigenvalue weighted by Gasteiger charge is 2.25. The third kappa shape index (κ3) is 21.9. The number of imidazole rings is 2. The summed E-state index contributed by atoms with van der Waals surface area (Å²) in [6, 6.07) is 12.5. The number of methoxy groups -OCH3 is 4. The third-order valence-electron chi connectivity index (χ3n) is 12.4. The Kier molecular flexibility index (Phi) is 30.2. The van der Waals surface area contributed by atoms with Crippen LogP contribution >= 0.6 is 22.6 Å². The van der Waals surface area contributed by atoms with Crippen molar-refractivity contribution < 1.29 is 54.7 Å². The molecule has 0 saturated carbocycles. The Morgan fingerprint density at radius 1 is 0.529 bits per heavy atom. The van der Waals surface area contributed by atoms with E-state index in [-0.39, 0.29) is 45.7 Å². The van der Waals surface area contributed by atoms with Gasteiger partial charge in [0.05, 0.1) is 79.2 Å². The van der Waals surface area contributed by atoms with Crippen LogP contribution in [0.25, 0.3) is 22.3 Å². The van der Waals surface area contributed by atoms with Gasteiger partial charge in [0.25, 0.3) is 11.1 Å². The zero-order valence-corrected chi connectivity index (χ0v) is 53.8. The second kappa shape index (κ2) is 36.0. The Bertz CT molecular complexity index is 3670. The molecule has 0 aliphatic rings. The number of hydrogen-bond donors (Lipinski definition) is 2. The molecule has 6 rings (SSSR count). The molecule has 0 unspecified atom stereocenters. The molecule has 0 fully saturated rings. The number of nitrogens with one attached hydrogen (secondary N) is 2. The van der Waals surface area contributed by atoms with E-state index < -0.39 is 42.2 Å². The number of nitrogens with zero attached hydrogens (tertiary/aromatic N) is 8. The molecule has 0 saturated heterocycles. The van der Waals surface area contributed by atoms with Gasteiger partial charge in [0.2, 0.25) is 30.0 Å². The number of hydrogen-bond acceptors (Lipinski definition) is 20. The van der Waals surface area contributed by atoms with Crippen molar-refractivity contribution in [3.63, 3.8) is 0 Å². The van der Waals surface area contributed by atoms with Crippen LogP contribution in [0.3, 0.4) is 0 Å². The first kappa shape index (κ1) is 71.3. The van der Waals surface area contributed by atoms with Crippen LogP contribution in [0.5, 0.6) is 0 Å². The average Bonchev–Trinajstić information content (AvgIpc) is 1.73. The molecule has 0 radical (unpaired) electrons. The lowest BCUT2D eigenvalue weighted by molar-refractivity contribution is 0.0695. The summed E-state index contributed by atoms with van der Waals surface area (Å²) < 4.78 is 97.4. The maximum Gasteiger partial charge on any atom is 0.333 e. The molecule has 0 amide bonds. The lowest BCUT2D eigenvalue weighted by Gasteiger charge is -2.11. The quantitative estimate of drug-likeness (QED) is 0.0347. The maximum absolute atomic E-state index is 13.0. The number of rotatable bonds is 32. The van der Waals surface area contributed by atoms with E-state index in [9.17, 15) is 36.0 Å². The van der Waals surface area contributed by atoms with E-state index in [1.165, 1.54) is 46.5 Å². The molecule has 6 aromatic rings. The van der Waals surface area contributed by atoms with Crippen LogP contribution in [0.4, 0.5) is 11.4 Å². The predicted molar refractivity (Wildman–Crippen MR) is 332 cm³/mol. The van der Waals surface area contributed by atoms with Gasteiger partial charge in [0.1, 0.15) is 0 Å². The highest BCUT2D eigenvalue weighted by atomic mass is 127. The van der Waals surface area contributed by atoms with Crippen LogP contribution in [-0.2, 0) is 112 Å². The fraction of sp³-hybridized carbons (Fsp3) is 0.536. The molecular formula is C56H79IN10O16S2. The molecule has 26 nitrogen and oxygen atoms in total. The highest BCUT2D eigenvalue weighted by Crippen LogP contribution is 2.20. The van der Waals surface area contributed by atoms with Gasteiger partial charge in [0.15, 0.2) is 22.3 Å². The molecule has 0 aliphatic carbocycles. The van der Waals surface area contributed by atoms with Gasteiger partial charge in [-0.25, -0.2) is 26.4 Å². The van der Waals surface area contributed by atoms with E-state index in [0.717, 1.165) is 92.1 Å². The third-order valence-corrected chi connectivity index (χ3v) is 15.0. The minimum Gasteiger partial charge on any atom is -0.383 e. The van der Waals surface area contributed by atoms with Gasteiger partial charge in [0, 0.05) is 116 Å². The van der Waals surface area contributed by atoms with Gasteiger partial charge in [-0.15, -0.1) is 6.42 Å². The van der Waals surface area contributed by atoms with Gasteiger partial charge < -0.3 is 57.7 Å². The number of terminal acetylenes is 1. The second-order valence-electron chi connectivity index (χ2n) is 19.0. The largest absolute Gasteiger partial charge is 0.383 e. The van der Waals surface area contributed by atoms with Crippen molar-refractivity contribution in [1.29, 1.82) is 0 Å². The zero-order valence-electron chi connectivity index (χ0n) is 50.0. The normalized spacial score (nSPS) is 11.4. The summed E-state index contributed by atoms with van der Waals surface area (Å²) >= 11 is 2.35. The lowest BCUT2D eigenvalue weighted by Crippen LogP contribution is -2.38. The van der Waals surface area contributed by atoms with E-state index in [4.69, 9.17) is 44.3 Å². The molecule has 468 valence electrons. The summed E-state index contributed by atoms with van der Waals surface area (Å²) in [5, 5.41) is 6.16. The Labute approximate surface area is 509 Å². The molecule has 4 aromatic heterocycles. The molecule has 0 spiro atoms. The van der Waals surface area contributed by atoms with Crippen LogP contribution in [0.15, 0.2) is 65.9 Å². The number of ether oxygens (including phenoxy) is 8. The first-order valence-electron chi connectivity index (χ1n) is 26.9. The minimum atomic E-state index is -3.74. The van der Waals surface area contributed by atoms with Gasteiger partial charge in [-0.2, -0.15) is 9.97 Å². The second-order valence-corrected chi connectivity index (χ2v) is 24.1. The summed E-state index contributed by atoms with van der Waals surface area (Å²) in [5.41, 5.74) is 2.55. The van der Waals surface area contributed by atoms with Crippen molar-refractivity contribution in [2.45, 2.75) is 49.1 Å². The molecule has 2 aromatic carbocycles. The molecule has 29 heteroatoms. The number of aryl methyl sites for hydroxylation is 4. The molecule has 0 aliphatic heterocycles. The van der Waals surface area contributed by atoms with Crippen molar-refractivity contribution in [1.82, 2.24) is 37.4 Å².